The molecule has 3 rings (SSSR count). The lowest BCUT2D eigenvalue weighted by molar-refractivity contribution is 0.0110. The van der Waals surface area contributed by atoms with E-state index < -0.39 is 0 Å². The summed E-state index contributed by atoms with van der Waals surface area (Å²) in [5.74, 6) is 2.38. The minimum Gasteiger partial charge on any atom is -0.459 e. The molecule has 4 nitrogen and oxygen atoms in total. The van der Waals surface area contributed by atoms with Crippen molar-refractivity contribution in [2.45, 2.75) is 70.8 Å². The Morgan fingerprint density at radius 2 is 1.44 bits per heavy atom. The second-order valence-corrected chi connectivity index (χ2v) is 8.02. The highest BCUT2D eigenvalue weighted by Gasteiger charge is 2.31. The molecule has 0 amide bonds. The number of nitrogens with two attached hydrogens (primary N) is 2. The summed E-state index contributed by atoms with van der Waals surface area (Å²) < 4.78 is 5.71. The minimum atomic E-state index is -0.300. The molecule has 0 aliphatic heterocycles. The Bertz CT molecular complexity index is 565. The quantitative estimate of drug-likeness (QED) is 0.608. The molecule has 0 atom stereocenters. The van der Waals surface area contributed by atoms with Crippen LogP contribution in [0.25, 0.3) is 0 Å². The van der Waals surface area contributed by atoms with E-state index in [0.717, 1.165) is 30.6 Å². The van der Waals surface area contributed by atoms with Crippen molar-refractivity contribution in [3.8, 4) is 0 Å². The molecular formula is C21H32N2O2. The number of nitrogen functional groups attached to an aromatic ring is 2. The van der Waals surface area contributed by atoms with E-state index in [2.05, 4.69) is 6.92 Å². The van der Waals surface area contributed by atoms with Crippen LogP contribution in [0.15, 0.2) is 18.2 Å². The largest absolute Gasteiger partial charge is 0.459 e. The lowest BCUT2D eigenvalue weighted by Gasteiger charge is -2.37. The van der Waals surface area contributed by atoms with Gasteiger partial charge in [0.1, 0.15) is 6.10 Å². The molecule has 2 aliphatic carbocycles. The average Bonchev–Trinajstić information content (AvgIpc) is 2.61. The summed E-state index contributed by atoms with van der Waals surface area (Å²) in [5.41, 5.74) is 13.0. The lowest BCUT2D eigenvalue weighted by Crippen LogP contribution is -2.29. The number of ether oxygens (including phenoxy) is 1. The molecule has 0 saturated heterocycles. The molecule has 0 heterocycles. The molecule has 25 heavy (non-hydrogen) atoms. The molecule has 2 aliphatic rings. The standard InChI is InChI=1S/C21H32N2O2/c1-2-14-3-5-15(6-4-14)16-7-9-20(10-8-16)25-21(24)17-11-18(22)13-19(23)12-17/h11-16,20H,2-10,22-23H2,1H3. The molecule has 138 valence electrons. The maximum Gasteiger partial charge on any atom is 0.338 e. The fourth-order valence-corrected chi connectivity index (χ4v) is 4.76. The van der Waals surface area contributed by atoms with Crippen LogP contribution in [-0.2, 0) is 4.74 Å². The minimum absolute atomic E-state index is 0.0402. The van der Waals surface area contributed by atoms with Crippen molar-refractivity contribution in [1.82, 2.24) is 0 Å². The number of esters is 1. The third-order valence-electron chi connectivity index (χ3n) is 6.34. The van der Waals surface area contributed by atoms with Gasteiger partial charge in [-0.25, -0.2) is 4.79 Å². The molecule has 1 aromatic rings. The molecule has 4 heteroatoms. The average molecular weight is 344 g/mol. The summed E-state index contributed by atoms with van der Waals surface area (Å²) in [5, 5.41) is 0. The van der Waals surface area contributed by atoms with E-state index >= 15 is 0 Å². The zero-order valence-corrected chi connectivity index (χ0v) is 15.4. The predicted octanol–water partition coefficient (Wildman–Crippen LogP) is 4.78. The Morgan fingerprint density at radius 3 is 1.96 bits per heavy atom. The van der Waals surface area contributed by atoms with E-state index in [1.165, 1.54) is 44.9 Å². The highest BCUT2D eigenvalue weighted by Crippen LogP contribution is 2.41. The lowest BCUT2D eigenvalue weighted by atomic mass is 9.70. The number of hydrogen-bond donors (Lipinski definition) is 2. The molecule has 0 aromatic heterocycles. The fourth-order valence-electron chi connectivity index (χ4n) is 4.76. The first-order valence-corrected chi connectivity index (χ1v) is 9.92. The third-order valence-corrected chi connectivity index (χ3v) is 6.34. The van der Waals surface area contributed by atoms with Gasteiger partial charge in [-0.05, 0) is 74.5 Å². The van der Waals surface area contributed by atoms with Gasteiger partial charge in [-0.3, -0.25) is 0 Å². The molecular weight excluding hydrogens is 312 g/mol. The molecule has 0 spiro atoms. The van der Waals surface area contributed by atoms with Gasteiger partial charge in [0.05, 0.1) is 5.56 Å². The number of carbonyl (C=O) groups is 1. The van der Waals surface area contributed by atoms with Crippen molar-refractivity contribution >= 4 is 17.3 Å². The SMILES string of the molecule is CCC1CCC(C2CCC(OC(=O)c3cc(N)cc(N)c3)CC2)CC1. The number of hydrogen-bond acceptors (Lipinski definition) is 4. The second kappa shape index (κ2) is 8.11. The van der Waals surface area contributed by atoms with Crippen LogP contribution in [0.4, 0.5) is 11.4 Å². The van der Waals surface area contributed by atoms with E-state index in [1.807, 2.05) is 0 Å². The molecule has 1 aromatic carbocycles. The Kier molecular flexibility index (Phi) is 5.87. The van der Waals surface area contributed by atoms with Crippen LogP contribution >= 0.6 is 0 Å². The van der Waals surface area contributed by atoms with Gasteiger partial charge in [0.2, 0.25) is 0 Å². The van der Waals surface area contributed by atoms with E-state index in [4.69, 9.17) is 16.2 Å². The van der Waals surface area contributed by atoms with Crippen LogP contribution in [0.2, 0.25) is 0 Å². The van der Waals surface area contributed by atoms with Gasteiger partial charge < -0.3 is 16.2 Å². The summed E-state index contributed by atoms with van der Waals surface area (Å²) in [4.78, 5) is 12.3. The van der Waals surface area contributed by atoms with Gasteiger partial charge in [-0.2, -0.15) is 0 Å². The van der Waals surface area contributed by atoms with Gasteiger partial charge in [-0.1, -0.05) is 26.2 Å². The van der Waals surface area contributed by atoms with Crippen molar-refractivity contribution in [3.63, 3.8) is 0 Å². The summed E-state index contributed by atoms with van der Waals surface area (Å²) >= 11 is 0. The maximum absolute atomic E-state index is 12.3. The fraction of sp³-hybridized carbons (Fsp3) is 0.667. The zero-order valence-electron chi connectivity index (χ0n) is 15.4. The normalized spacial score (nSPS) is 30.0. The first-order valence-electron chi connectivity index (χ1n) is 9.92. The van der Waals surface area contributed by atoms with Gasteiger partial charge in [-0.15, -0.1) is 0 Å². The summed E-state index contributed by atoms with van der Waals surface area (Å²) in [7, 11) is 0. The Morgan fingerprint density at radius 1 is 0.920 bits per heavy atom. The van der Waals surface area contributed by atoms with Crippen LogP contribution in [0, 0.1) is 17.8 Å². The molecule has 0 unspecified atom stereocenters. The van der Waals surface area contributed by atoms with Crippen LogP contribution < -0.4 is 11.5 Å². The Balaban J connectivity index is 1.47. The molecule has 4 N–H and O–H groups in total. The van der Waals surface area contributed by atoms with Crippen molar-refractivity contribution in [2.24, 2.45) is 17.8 Å². The highest BCUT2D eigenvalue weighted by molar-refractivity contribution is 5.91. The van der Waals surface area contributed by atoms with Crippen LogP contribution in [0.3, 0.4) is 0 Å². The molecule has 2 fully saturated rings. The Hall–Kier alpha value is -1.71. The topological polar surface area (TPSA) is 78.3 Å². The van der Waals surface area contributed by atoms with Gasteiger partial charge in [0.25, 0.3) is 0 Å². The third kappa shape index (κ3) is 4.68. The van der Waals surface area contributed by atoms with E-state index in [1.54, 1.807) is 18.2 Å². The van der Waals surface area contributed by atoms with Crippen molar-refractivity contribution in [2.75, 3.05) is 11.5 Å². The highest BCUT2D eigenvalue weighted by atomic mass is 16.5. The number of anilines is 2. The van der Waals surface area contributed by atoms with Gasteiger partial charge in [0, 0.05) is 11.4 Å². The van der Waals surface area contributed by atoms with E-state index in [0.29, 0.717) is 16.9 Å². The van der Waals surface area contributed by atoms with Crippen molar-refractivity contribution < 1.29 is 9.53 Å². The molecule has 0 radical (unpaired) electrons. The Labute approximate surface area is 151 Å². The van der Waals surface area contributed by atoms with Gasteiger partial charge in [0.15, 0.2) is 0 Å². The zero-order chi connectivity index (χ0) is 17.8. The first kappa shape index (κ1) is 18.1. The maximum atomic E-state index is 12.3. The summed E-state index contributed by atoms with van der Waals surface area (Å²) in [6.45, 7) is 2.32. The number of rotatable bonds is 4. The number of benzene rings is 1. The van der Waals surface area contributed by atoms with Crippen LogP contribution in [-0.4, -0.2) is 12.1 Å². The van der Waals surface area contributed by atoms with Crippen LogP contribution in [0.1, 0.15) is 75.1 Å². The van der Waals surface area contributed by atoms with Crippen LogP contribution in [0.5, 0.6) is 0 Å². The second-order valence-electron chi connectivity index (χ2n) is 8.02. The van der Waals surface area contributed by atoms with E-state index in [-0.39, 0.29) is 12.1 Å². The monoisotopic (exact) mass is 344 g/mol. The molecule has 2 saturated carbocycles. The first-order chi connectivity index (χ1) is 12.0. The van der Waals surface area contributed by atoms with Crippen molar-refractivity contribution in [1.29, 1.82) is 0 Å². The van der Waals surface area contributed by atoms with E-state index in [9.17, 15) is 4.79 Å². The smallest absolute Gasteiger partial charge is 0.338 e. The van der Waals surface area contributed by atoms with Crippen molar-refractivity contribution in [3.05, 3.63) is 23.8 Å². The predicted molar refractivity (Wildman–Crippen MR) is 102 cm³/mol. The molecule has 0 bridgehead atoms. The summed E-state index contributed by atoms with van der Waals surface area (Å²) in [6.07, 6.45) is 11.4. The summed E-state index contributed by atoms with van der Waals surface area (Å²) in [6, 6.07) is 4.92. The van der Waals surface area contributed by atoms with Gasteiger partial charge >= 0.3 is 5.97 Å². The number of carbonyl (C=O) groups excluding carboxylic acids is 1.